The number of ether oxygens (including phenoxy) is 5. The van der Waals surface area contributed by atoms with Crippen LogP contribution in [0.2, 0.25) is 0 Å². The summed E-state index contributed by atoms with van der Waals surface area (Å²) in [5.74, 6) is 0.253. The van der Waals surface area contributed by atoms with E-state index in [1.54, 1.807) is 30.3 Å². The molecular formula is C27H27NO9S. The minimum absolute atomic E-state index is 0.0258. The van der Waals surface area contributed by atoms with Crippen LogP contribution in [0.25, 0.3) is 0 Å². The van der Waals surface area contributed by atoms with Gasteiger partial charge in [0, 0.05) is 5.56 Å². The van der Waals surface area contributed by atoms with Gasteiger partial charge in [0.1, 0.15) is 11.5 Å². The van der Waals surface area contributed by atoms with E-state index in [0.29, 0.717) is 46.1 Å². The van der Waals surface area contributed by atoms with Gasteiger partial charge >= 0.3 is 5.97 Å². The molecule has 0 fully saturated rings. The second kappa shape index (κ2) is 11.4. The standard InChI is InChI=1S/C27H27NO9S/c1-4-5-17-14-19(27(30)34-3)7-12-22(17)37-25(18-6-13-23-24(15-18)36-16-35-23)26(29)28-38(31,32)21-10-8-20(33-2)9-11-21/h6-15,25H,4-5,16H2,1-3H3,(H,28,29). The number of carbonyl (C=O) groups excluding carboxylic acids is 2. The molecule has 38 heavy (non-hydrogen) atoms. The van der Waals surface area contributed by atoms with Crippen molar-refractivity contribution in [3.63, 3.8) is 0 Å². The molecule has 1 aliphatic heterocycles. The van der Waals surface area contributed by atoms with Gasteiger partial charge < -0.3 is 23.7 Å². The van der Waals surface area contributed by atoms with E-state index < -0.39 is 28.0 Å². The van der Waals surface area contributed by atoms with Gasteiger partial charge in [-0.1, -0.05) is 19.4 Å². The molecule has 0 bridgehead atoms. The third kappa shape index (κ3) is 5.83. The molecule has 1 N–H and O–H groups in total. The number of amides is 1. The van der Waals surface area contributed by atoms with Crippen LogP contribution in [0.4, 0.5) is 0 Å². The third-order valence-electron chi connectivity index (χ3n) is 5.79. The highest BCUT2D eigenvalue weighted by Crippen LogP contribution is 2.36. The molecule has 0 aliphatic carbocycles. The zero-order chi connectivity index (χ0) is 27.3. The number of fused-ring (bicyclic) bond motifs is 1. The Morgan fingerprint density at radius 3 is 2.39 bits per heavy atom. The van der Waals surface area contributed by atoms with Gasteiger partial charge in [-0.2, -0.15) is 0 Å². The number of hydrogen-bond donors (Lipinski definition) is 1. The molecule has 4 rings (SSSR count). The molecule has 10 nitrogen and oxygen atoms in total. The molecular weight excluding hydrogens is 514 g/mol. The van der Waals surface area contributed by atoms with Gasteiger partial charge in [0.25, 0.3) is 15.9 Å². The first-order valence-corrected chi connectivity index (χ1v) is 13.2. The van der Waals surface area contributed by atoms with Crippen molar-refractivity contribution in [2.45, 2.75) is 30.8 Å². The van der Waals surface area contributed by atoms with Crippen molar-refractivity contribution in [2.75, 3.05) is 21.0 Å². The first kappa shape index (κ1) is 26.8. The van der Waals surface area contributed by atoms with E-state index in [2.05, 4.69) is 4.72 Å². The van der Waals surface area contributed by atoms with Crippen molar-refractivity contribution in [2.24, 2.45) is 0 Å². The van der Waals surface area contributed by atoms with Gasteiger partial charge in [-0.05, 0) is 66.6 Å². The zero-order valence-corrected chi connectivity index (χ0v) is 21.9. The molecule has 3 aromatic rings. The minimum Gasteiger partial charge on any atom is -0.497 e. The maximum absolute atomic E-state index is 13.5. The lowest BCUT2D eigenvalue weighted by atomic mass is 10.0. The second-order valence-corrected chi connectivity index (χ2v) is 10.0. The summed E-state index contributed by atoms with van der Waals surface area (Å²) in [4.78, 5) is 25.4. The van der Waals surface area contributed by atoms with E-state index >= 15 is 0 Å². The summed E-state index contributed by atoms with van der Waals surface area (Å²) in [5, 5.41) is 0. The van der Waals surface area contributed by atoms with Gasteiger partial charge in [-0.25, -0.2) is 17.9 Å². The van der Waals surface area contributed by atoms with Crippen LogP contribution in [0, 0.1) is 0 Å². The number of aryl methyl sites for hydroxylation is 1. The van der Waals surface area contributed by atoms with Crippen molar-refractivity contribution < 1.29 is 41.7 Å². The van der Waals surface area contributed by atoms with Gasteiger partial charge in [0.15, 0.2) is 11.5 Å². The predicted molar refractivity (Wildman–Crippen MR) is 136 cm³/mol. The first-order chi connectivity index (χ1) is 18.2. The fraction of sp³-hybridized carbons (Fsp3) is 0.259. The highest BCUT2D eigenvalue weighted by Gasteiger charge is 2.30. The molecule has 0 saturated heterocycles. The smallest absolute Gasteiger partial charge is 0.337 e. The van der Waals surface area contributed by atoms with Crippen molar-refractivity contribution in [1.29, 1.82) is 0 Å². The van der Waals surface area contributed by atoms with E-state index in [0.717, 1.165) is 6.42 Å². The number of hydrogen-bond acceptors (Lipinski definition) is 9. The van der Waals surface area contributed by atoms with Crippen molar-refractivity contribution in [3.05, 3.63) is 77.4 Å². The van der Waals surface area contributed by atoms with Crippen LogP contribution in [0.1, 0.15) is 40.9 Å². The number of sulfonamides is 1. The lowest BCUT2D eigenvalue weighted by Gasteiger charge is -2.21. The number of methoxy groups -OCH3 is 2. The molecule has 1 aliphatic rings. The summed E-state index contributed by atoms with van der Waals surface area (Å²) in [6, 6.07) is 15.1. The SMILES string of the molecule is CCCc1cc(C(=O)OC)ccc1OC(C(=O)NS(=O)(=O)c1ccc(OC)cc1)c1ccc2c(c1)OCO2. The van der Waals surface area contributed by atoms with Gasteiger partial charge in [-0.15, -0.1) is 0 Å². The highest BCUT2D eigenvalue weighted by molar-refractivity contribution is 7.90. The Bertz CT molecular complexity index is 1440. The van der Waals surface area contributed by atoms with Crippen LogP contribution in [0.3, 0.4) is 0 Å². The molecule has 0 saturated carbocycles. The molecule has 3 aromatic carbocycles. The van der Waals surface area contributed by atoms with Gasteiger partial charge in [-0.3, -0.25) is 4.79 Å². The van der Waals surface area contributed by atoms with Crippen LogP contribution in [0.5, 0.6) is 23.0 Å². The van der Waals surface area contributed by atoms with Crippen LogP contribution >= 0.6 is 0 Å². The fourth-order valence-electron chi connectivity index (χ4n) is 3.88. The van der Waals surface area contributed by atoms with Crippen molar-refractivity contribution in [1.82, 2.24) is 4.72 Å². The third-order valence-corrected chi connectivity index (χ3v) is 7.15. The Morgan fingerprint density at radius 2 is 1.71 bits per heavy atom. The van der Waals surface area contributed by atoms with E-state index in [4.69, 9.17) is 23.7 Å². The van der Waals surface area contributed by atoms with Crippen LogP contribution < -0.4 is 23.7 Å². The molecule has 1 amide bonds. The van der Waals surface area contributed by atoms with Crippen LogP contribution in [-0.2, 0) is 26.0 Å². The largest absolute Gasteiger partial charge is 0.497 e. The van der Waals surface area contributed by atoms with E-state index in [1.807, 2.05) is 6.92 Å². The van der Waals surface area contributed by atoms with Gasteiger partial charge in [0.2, 0.25) is 12.9 Å². The Kier molecular flexibility index (Phi) is 8.06. The summed E-state index contributed by atoms with van der Waals surface area (Å²) >= 11 is 0. The fourth-order valence-corrected chi connectivity index (χ4v) is 4.86. The average Bonchev–Trinajstić information content (AvgIpc) is 3.39. The predicted octanol–water partition coefficient (Wildman–Crippen LogP) is 3.79. The van der Waals surface area contributed by atoms with E-state index in [9.17, 15) is 18.0 Å². The highest BCUT2D eigenvalue weighted by atomic mass is 32.2. The summed E-state index contributed by atoms with van der Waals surface area (Å²) in [7, 11) is -1.49. The molecule has 1 atom stereocenters. The average molecular weight is 542 g/mol. The zero-order valence-electron chi connectivity index (χ0n) is 21.1. The number of rotatable bonds is 10. The first-order valence-electron chi connectivity index (χ1n) is 11.7. The number of benzene rings is 3. The number of nitrogens with one attached hydrogen (secondary N) is 1. The van der Waals surface area contributed by atoms with E-state index in [-0.39, 0.29) is 11.7 Å². The second-order valence-electron chi connectivity index (χ2n) is 8.32. The maximum Gasteiger partial charge on any atom is 0.337 e. The molecule has 0 radical (unpaired) electrons. The molecule has 11 heteroatoms. The Labute approximate surface area is 220 Å². The summed E-state index contributed by atoms with van der Waals surface area (Å²) in [6.07, 6.45) is -0.106. The molecule has 200 valence electrons. The Morgan fingerprint density at radius 1 is 0.974 bits per heavy atom. The monoisotopic (exact) mass is 541 g/mol. The molecule has 1 heterocycles. The normalized spacial score (nSPS) is 12.9. The van der Waals surface area contributed by atoms with Crippen LogP contribution in [0.15, 0.2) is 65.6 Å². The topological polar surface area (TPSA) is 126 Å². The van der Waals surface area contributed by atoms with Crippen LogP contribution in [-0.4, -0.2) is 41.3 Å². The number of esters is 1. The molecule has 1 unspecified atom stereocenters. The molecule has 0 spiro atoms. The Balaban J connectivity index is 1.69. The number of carbonyl (C=O) groups is 2. The van der Waals surface area contributed by atoms with Crippen molar-refractivity contribution >= 4 is 21.9 Å². The Hall–Kier alpha value is -4.25. The maximum atomic E-state index is 13.5. The quantitative estimate of drug-likeness (QED) is 0.382. The lowest BCUT2D eigenvalue weighted by molar-refractivity contribution is -0.126. The summed E-state index contributed by atoms with van der Waals surface area (Å²) < 4.78 is 55.0. The lowest BCUT2D eigenvalue weighted by Crippen LogP contribution is -2.37. The van der Waals surface area contributed by atoms with Gasteiger partial charge in [0.05, 0.1) is 24.7 Å². The summed E-state index contributed by atoms with van der Waals surface area (Å²) in [5.41, 5.74) is 1.33. The minimum atomic E-state index is -4.24. The van der Waals surface area contributed by atoms with E-state index in [1.165, 1.54) is 44.6 Å². The molecule has 0 aromatic heterocycles. The van der Waals surface area contributed by atoms with Crippen molar-refractivity contribution in [3.8, 4) is 23.0 Å². The summed E-state index contributed by atoms with van der Waals surface area (Å²) in [6.45, 7) is 1.98.